The summed E-state index contributed by atoms with van der Waals surface area (Å²) in [5.74, 6) is 0. The van der Waals surface area contributed by atoms with E-state index in [9.17, 15) is 0 Å². The van der Waals surface area contributed by atoms with Crippen molar-refractivity contribution >= 4 is 18.2 Å². The molecule has 2 nitrogen and oxygen atoms in total. The van der Waals surface area contributed by atoms with E-state index in [1.807, 2.05) is 19.5 Å². The van der Waals surface area contributed by atoms with Gasteiger partial charge in [-0.25, -0.2) is 4.40 Å². The van der Waals surface area contributed by atoms with Gasteiger partial charge in [0.1, 0.15) is 0 Å². The Balaban J connectivity index is 3.15. The molecule has 0 bridgehead atoms. The van der Waals surface area contributed by atoms with E-state index in [-0.39, 0.29) is 0 Å². The van der Waals surface area contributed by atoms with E-state index in [2.05, 4.69) is 16.6 Å². The minimum Gasteiger partial charge on any atom is -0.317 e. The summed E-state index contributed by atoms with van der Waals surface area (Å²) < 4.78 is 4.01. The maximum atomic E-state index is 4.01. The molecule has 0 rings (SSSR count). The Bertz CT molecular complexity index is 83.1. The van der Waals surface area contributed by atoms with Gasteiger partial charge in [0.25, 0.3) is 0 Å². The highest BCUT2D eigenvalue weighted by Crippen LogP contribution is 1.92. The van der Waals surface area contributed by atoms with Crippen molar-refractivity contribution < 1.29 is 0 Å². The zero-order valence-corrected chi connectivity index (χ0v) is 7.03. The first kappa shape index (κ1) is 8.98. The Morgan fingerprint density at radius 3 is 2.89 bits per heavy atom. The van der Waals surface area contributed by atoms with Crippen LogP contribution in [0.1, 0.15) is 13.3 Å². The van der Waals surface area contributed by atoms with Crippen molar-refractivity contribution in [1.82, 2.24) is 5.32 Å². The summed E-state index contributed by atoms with van der Waals surface area (Å²) in [6, 6.07) is 0.542. The summed E-state index contributed by atoms with van der Waals surface area (Å²) in [5, 5.41) is 3.12. The third-order valence-electron chi connectivity index (χ3n) is 1.13. The summed E-state index contributed by atoms with van der Waals surface area (Å²) in [7, 11) is 1.96. The topological polar surface area (TPSA) is 24.4 Å². The minimum absolute atomic E-state index is 0.542. The lowest BCUT2D eigenvalue weighted by molar-refractivity contribution is 0.638. The zero-order chi connectivity index (χ0) is 7.11. The summed E-state index contributed by atoms with van der Waals surface area (Å²) in [4.78, 5) is 0. The van der Waals surface area contributed by atoms with Crippen LogP contribution in [0.15, 0.2) is 4.40 Å². The van der Waals surface area contributed by atoms with Crippen molar-refractivity contribution in [3.8, 4) is 0 Å². The maximum absolute atomic E-state index is 4.01. The number of nitrogens with one attached hydrogen (secondary N) is 1. The molecule has 0 heterocycles. The van der Waals surface area contributed by atoms with Gasteiger partial charge in [-0.15, -0.1) is 0 Å². The summed E-state index contributed by atoms with van der Waals surface area (Å²) in [6.45, 7) is 2.13. The molecule has 0 radical (unpaired) electrons. The summed E-state index contributed by atoms with van der Waals surface area (Å²) >= 11 is 1.50. The average Bonchev–Trinajstić information content (AvgIpc) is 1.89. The lowest BCUT2D eigenvalue weighted by Crippen LogP contribution is -2.20. The lowest BCUT2D eigenvalue weighted by atomic mass is 10.3. The Labute approximate surface area is 61.3 Å². The molecule has 54 valence electrons. The Morgan fingerprint density at radius 1 is 1.78 bits per heavy atom. The van der Waals surface area contributed by atoms with E-state index in [4.69, 9.17) is 0 Å². The largest absolute Gasteiger partial charge is 0.317 e. The van der Waals surface area contributed by atoms with Crippen molar-refractivity contribution in [3.63, 3.8) is 0 Å². The number of hydrogen-bond donors (Lipinski definition) is 1. The Kier molecular flexibility index (Phi) is 6.09. The van der Waals surface area contributed by atoms with Crippen LogP contribution in [0.4, 0.5) is 0 Å². The number of nitrogens with zero attached hydrogens (tertiary/aromatic N) is 1. The summed E-state index contributed by atoms with van der Waals surface area (Å²) in [5.41, 5.74) is 0. The van der Waals surface area contributed by atoms with E-state index >= 15 is 0 Å². The number of hydrogen-bond acceptors (Lipinski definition) is 3. The molecule has 0 aromatic carbocycles. The predicted octanol–water partition coefficient (Wildman–Crippen LogP) is 1.33. The van der Waals surface area contributed by atoms with Crippen molar-refractivity contribution in [1.29, 1.82) is 0 Å². The first-order chi connectivity index (χ1) is 4.31. The molecule has 0 aliphatic carbocycles. The quantitative estimate of drug-likeness (QED) is 0.478. The molecule has 0 unspecified atom stereocenters. The van der Waals surface area contributed by atoms with Gasteiger partial charge in [0.2, 0.25) is 0 Å². The first-order valence-corrected chi connectivity index (χ1v) is 4.21. The predicted molar refractivity (Wildman–Crippen MR) is 45.1 cm³/mol. The van der Waals surface area contributed by atoms with Crippen molar-refractivity contribution in [2.24, 2.45) is 4.40 Å². The molecule has 0 fully saturated rings. The normalized spacial score (nSPS) is 14.6. The highest BCUT2D eigenvalue weighted by Gasteiger charge is 1.91. The lowest BCUT2D eigenvalue weighted by Gasteiger charge is -2.03. The maximum Gasteiger partial charge on any atom is 0.0141 e. The molecule has 1 atom stereocenters. The molecule has 0 saturated heterocycles. The van der Waals surface area contributed by atoms with Gasteiger partial charge in [-0.2, -0.15) is 0 Å². The molecule has 0 aliphatic rings. The highest BCUT2D eigenvalue weighted by molar-refractivity contribution is 7.97. The van der Waals surface area contributed by atoms with Crippen molar-refractivity contribution in [2.75, 3.05) is 13.3 Å². The van der Waals surface area contributed by atoms with Gasteiger partial charge in [-0.05, 0) is 32.3 Å². The monoisotopic (exact) mass is 146 g/mol. The van der Waals surface area contributed by atoms with Gasteiger partial charge in [0.05, 0.1) is 0 Å². The van der Waals surface area contributed by atoms with E-state index in [1.54, 1.807) is 0 Å². The third kappa shape index (κ3) is 5.86. The van der Waals surface area contributed by atoms with Gasteiger partial charge >= 0.3 is 0 Å². The standard InChI is InChI=1S/C6H14N2S/c1-6(7-2)4-5-8-9-3/h5-7H,4H2,1-3H3/b8-5+/t6-/m1/s1. The summed E-state index contributed by atoms with van der Waals surface area (Å²) in [6.07, 6.45) is 4.91. The molecule has 0 amide bonds. The van der Waals surface area contributed by atoms with Crippen LogP contribution < -0.4 is 5.32 Å². The van der Waals surface area contributed by atoms with E-state index in [0.29, 0.717) is 6.04 Å². The van der Waals surface area contributed by atoms with Crippen LogP contribution in [0.3, 0.4) is 0 Å². The Morgan fingerprint density at radius 2 is 2.44 bits per heavy atom. The SMILES string of the molecule is CN[C@H](C)C/C=N/SC. The molecule has 0 aliphatic heterocycles. The second-order valence-electron chi connectivity index (χ2n) is 1.90. The molecule has 9 heavy (non-hydrogen) atoms. The molecular weight excluding hydrogens is 132 g/mol. The fraction of sp³-hybridized carbons (Fsp3) is 0.833. The average molecular weight is 146 g/mol. The van der Waals surface area contributed by atoms with Gasteiger partial charge < -0.3 is 5.32 Å². The van der Waals surface area contributed by atoms with Crippen LogP contribution in [-0.2, 0) is 0 Å². The van der Waals surface area contributed by atoms with Gasteiger partial charge in [-0.1, -0.05) is 0 Å². The van der Waals surface area contributed by atoms with E-state index in [1.165, 1.54) is 11.9 Å². The molecule has 3 heteroatoms. The third-order valence-corrected chi connectivity index (χ3v) is 1.49. The molecule has 0 aromatic heterocycles. The van der Waals surface area contributed by atoms with Gasteiger partial charge in [-0.3, -0.25) is 0 Å². The van der Waals surface area contributed by atoms with E-state index < -0.39 is 0 Å². The fourth-order valence-corrected chi connectivity index (χ4v) is 0.629. The fourth-order valence-electron chi connectivity index (χ4n) is 0.394. The van der Waals surface area contributed by atoms with Crippen LogP contribution in [-0.4, -0.2) is 25.6 Å². The molecular formula is C6H14N2S. The van der Waals surface area contributed by atoms with Crippen molar-refractivity contribution in [3.05, 3.63) is 0 Å². The molecule has 0 aromatic rings. The van der Waals surface area contributed by atoms with Crippen LogP contribution in [0.2, 0.25) is 0 Å². The van der Waals surface area contributed by atoms with E-state index in [0.717, 1.165) is 6.42 Å². The molecule has 0 spiro atoms. The van der Waals surface area contributed by atoms with Crippen LogP contribution >= 0.6 is 11.9 Å². The first-order valence-electron chi connectivity index (χ1n) is 3.03. The van der Waals surface area contributed by atoms with Crippen LogP contribution in [0.25, 0.3) is 0 Å². The molecule has 0 saturated carbocycles. The second kappa shape index (κ2) is 6.11. The molecule has 1 N–H and O–H groups in total. The Hall–Kier alpha value is -0.0200. The van der Waals surface area contributed by atoms with Gasteiger partial charge in [0, 0.05) is 18.5 Å². The van der Waals surface area contributed by atoms with Crippen LogP contribution in [0, 0.1) is 0 Å². The minimum atomic E-state index is 0.542. The van der Waals surface area contributed by atoms with Crippen molar-refractivity contribution in [2.45, 2.75) is 19.4 Å². The second-order valence-corrected chi connectivity index (χ2v) is 2.47. The smallest absolute Gasteiger partial charge is 0.0141 e. The van der Waals surface area contributed by atoms with Gasteiger partial charge in [0.15, 0.2) is 0 Å². The highest BCUT2D eigenvalue weighted by atomic mass is 32.2. The van der Waals surface area contributed by atoms with Crippen LogP contribution in [0.5, 0.6) is 0 Å². The number of rotatable bonds is 4. The zero-order valence-electron chi connectivity index (χ0n) is 6.22.